The van der Waals surface area contributed by atoms with Crippen LogP contribution in [0.3, 0.4) is 0 Å². The van der Waals surface area contributed by atoms with Crippen molar-refractivity contribution in [2.75, 3.05) is 6.16 Å². The van der Waals surface area contributed by atoms with Crippen LogP contribution in [0.15, 0.2) is 12.2 Å². The molecule has 0 aromatic rings. The Morgan fingerprint density at radius 2 is 1.53 bits per heavy atom. The molecular weight excluding hydrogens is 267 g/mol. The number of Topliss-reactive ketones (excluding diaryl/α,β-unsaturated/α-hetero) is 1. The fourth-order valence-electron chi connectivity index (χ4n) is 1.68. The van der Waals surface area contributed by atoms with E-state index in [-0.39, 0.29) is 18.4 Å². The zero-order valence-electron chi connectivity index (χ0n) is 11.4. The smallest absolute Gasteiger partial charge is 0.324 e. The Bertz CT molecular complexity index is 356. The predicted octanol–water partition coefficient (Wildman–Crippen LogP) is 2.61. The van der Waals surface area contributed by atoms with Crippen molar-refractivity contribution in [3.05, 3.63) is 12.2 Å². The van der Waals surface area contributed by atoms with Gasteiger partial charge in [0.05, 0.1) is 0 Å². The summed E-state index contributed by atoms with van der Waals surface area (Å²) < 4.78 is 10.6. The van der Waals surface area contributed by atoms with Crippen LogP contribution in [-0.2, 0) is 14.2 Å². The Hall–Kier alpha value is -0.770. The molecule has 0 fully saturated rings. The minimum Gasteiger partial charge on any atom is -0.324 e. The largest absolute Gasteiger partial charge is 0.325 e. The van der Waals surface area contributed by atoms with Crippen molar-refractivity contribution in [3.63, 3.8) is 0 Å². The number of ketones is 2. The number of rotatable bonds is 11. The Balaban J connectivity index is 3.44. The molecule has 0 bridgehead atoms. The van der Waals surface area contributed by atoms with E-state index in [1.165, 1.54) is 6.08 Å². The minimum absolute atomic E-state index is 0.0522. The second-order valence-electron chi connectivity index (χ2n) is 4.55. The van der Waals surface area contributed by atoms with Gasteiger partial charge in [-0.3, -0.25) is 14.2 Å². The van der Waals surface area contributed by atoms with Crippen LogP contribution in [0, 0.1) is 0 Å². The van der Waals surface area contributed by atoms with Gasteiger partial charge in [0.25, 0.3) is 0 Å². The number of carbonyl (C=O) groups excluding carboxylic acids is 2. The lowest BCUT2D eigenvalue weighted by molar-refractivity contribution is -0.133. The van der Waals surface area contributed by atoms with E-state index in [1.54, 1.807) is 13.0 Å². The maximum Gasteiger partial charge on any atom is 0.325 e. The zero-order valence-corrected chi connectivity index (χ0v) is 12.3. The highest BCUT2D eigenvalue weighted by Crippen LogP contribution is 2.35. The normalized spacial score (nSPS) is 11.9. The summed E-state index contributed by atoms with van der Waals surface area (Å²) in [6.07, 6.45) is 7.77. The van der Waals surface area contributed by atoms with E-state index in [9.17, 15) is 14.2 Å². The van der Waals surface area contributed by atoms with Gasteiger partial charge < -0.3 is 9.79 Å². The SMILES string of the molecule is CC=CC(=O)C(=O)CCCCCCCCP(=O)(O)O. The molecule has 0 amide bonds. The van der Waals surface area contributed by atoms with Crippen LogP contribution in [0.1, 0.15) is 51.9 Å². The molecule has 19 heavy (non-hydrogen) atoms. The van der Waals surface area contributed by atoms with Gasteiger partial charge in [-0.2, -0.15) is 0 Å². The second kappa shape index (κ2) is 10.1. The third-order valence-corrected chi connectivity index (χ3v) is 3.59. The molecule has 0 aliphatic carbocycles. The third-order valence-electron chi connectivity index (χ3n) is 2.70. The molecule has 6 heteroatoms. The highest BCUT2D eigenvalue weighted by molar-refractivity contribution is 7.51. The monoisotopic (exact) mass is 290 g/mol. The molecule has 0 heterocycles. The molecule has 0 aromatic carbocycles. The molecule has 0 spiro atoms. The van der Waals surface area contributed by atoms with Crippen molar-refractivity contribution in [1.29, 1.82) is 0 Å². The Morgan fingerprint density at radius 3 is 2.05 bits per heavy atom. The van der Waals surface area contributed by atoms with Crippen molar-refractivity contribution in [3.8, 4) is 0 Å². The summed E-state index contributed by atoms with van der Waals surface area (Å²) in [7, 11) is -3.85. The maximum absolute atomic E-state index is 11.3. The van der Waals surface area contributed by atoms with Crippen LogP contribution in [0.4, 0.5) is 0 Å². The van der Waals surface area contributed by atoms with Crippen LogP contribution >= 0.6 is 7.60 Å². The fourth-order valence-corrected chi connectivity index (χ4v) is 2.31. The van der Waals surface area contributed by atoms with Crippen molar-refractivity contribution < 1.29 is 23.9 Å². The summed E-state index contributed by atoms with van der Waals surface area (Å²) in [6.45, 7) is 1.70. The van der Waals surface area contributed by atoms with Crippen molar-refractivity contribution in [1.82, 2.24) is 0 Å². The van der Waals surface area contributed by atoms with E-state index in [1.807, 2.05) is 0 Å². The maximum atomic E-state index is 11.3. The van der Waals surface area contributed by atoms with E-state index in [2.05, 4.69) is 0 Å². The van der Waals surface area contributed by atoms with Gasteiger partial charge in [0, 0.05) is 12.6 Å². The quantitative estimate of drug-likeness (QED) is 0.264. The topological polar surface area (TPSA) is 91.7 Å². The molecular formula is C13H23O5P. The highest BCUT2D eigenvalue weighted by Gasteiger charge is 2.11. The van der Waals surface area contributed by atoms with E-state index in [4.69, 9.17) is 9.79 Å². The molecule has 0 unspecified atom stereocenters. The van der Waals surface area contributed by atoms with Gasteiger partial charge in [-0.15, -0.1) is 0 Å². The summed E-state index contributed by atoms with van der Waals surface area (Å²) in [6, 6.07) is 0. The molecule has 0 saturated carbocycles. The number of allylic oxidation sites excluding steroid dienone is 2. The van der Waals surface area contributed by atoms with Gasteiger partial charge >= 0.3 is 7.60 Å². The highest BCUT2D eigenvalue weighted by atomic mass is 31.2. The number of carbonyl (C=O) groups is 2. The molecule has 0 saturated heterocycles. The first-order valence-electron chi connectivity index (χ1n) is 6.61. The van der Waals surface area contributed by atoms with Crippen LogP contribution in [0.25, 0.3) is 0 Å². The van der Waals surface area contributed by atoms with Gasteiger partial charge in [-0.25, -0.2) is 0 Å². The molecule has 0 rings (SSSR count). The Labute approximate surface area is 114 Å². The van der Waals surface area contributed by atoms with Crippen molar-refractivity contribution in [2.45, 2.75) is 51.9 Å². The number of unbranched alkanes of at least 4 members (excludes halogenated alkanes) is 5. The van der Waals surface area contributed by atoms with E-state index in [0.29, 0.717) is 12.8 Å². The van der Waals surface area contributed by atoms with Gasteiger partial charge in [0.15, 0.2) is 0 Å². The Morgan fingerprint density at radius 1 is 1.00 bits per heavy atom. The number of hydrogen-bond donors (Lipinski definition) is 2. The Kier molecular flexibility index (Phi) is 9.66. The first-order valence-corrected chi connectivity index (χ1v) is 8.41. The summed E-state index contributed by atoms with van der Waals surface area (Å²) in [4.78, 5) is 39.7. The average molecular weight is 290 g/mol. The van der Waals surface area contributed by atoms with Crippen LogP contribution in [0.2, 0.25) is 0 Å². The van der Waals surface area contributed by atoms with Crippen molar-refractivity contribution >= 4 is 19.2 Å². The molecule has 0 aliphatic heterocycles. The lowest BCUT2D eigenvalue weighted by Gasteiger charge is -2.03. The van der Waals surface area contributed by atoms with Crippen LogP contribution in [-0.4, -0.2) is 27.5 Å². The van der Waals surface area contributed by atoms with Crippen LogP contribution in [0.5, 0.6) is 0 Å². The summed E-state index contributed by atoms with van der Waals surface area (Å²) in [5, 5.41) is 0. The van der Waals surface area contributed by atoms with Crippen molar-refractivity contribution in [2.24, 2.45) is 0 Å². The summed E-state index contributed by atoms with van der Waals surface area (Å²) in [5.74, 6) is -0.788. The molecule has 0 aromatic heterocycles. The lowest BCUT2D eigenvalue weighted by atomic mass is 10.1. The van der Waals surface area contributed by atoms with Gasteiger partial charge in [0.1, 0.15) is 0 Å². The van der Waals surface area contributed by atoms with E-state index in [0.717, 1.165) is 25.7 Å². The molecule has 5 nitrogen and oxygen atoms in total. The second-order valence-corrected chi connectivity index (χ2v) is 6.32. The first-order chi connectivity index (χ1) is 8.87. The first kappa shape index (κ1) is 18.2. The number of hydrogen-bond acceptors (Lipinski definition) is 3. The summed E-state index contributed by atoms with van der Waals surface area (Å²) >= 11 is 0. The fraction of sp³-hybridized carbons (Fsp3) is 0.692. The lowest BCUT2D eigenvalue weighted by Crippen LogP contribution is -2.10. The zero-order chi connectivity index (χ0) is 14.7. The standard InChI is InChI=1S/C13H23O5P/c1-2-9-12(14)13(15)10-7-5-3-4-6-8-11-19(16,17)18/h2,9H,3-8,10-11H2,1H3,(H2,16,17,18). The predicted molar refractivity (Wildman–Crippen MR) is 74.1 cm³/mol. The van der Waals surface area contributed by atoms with Gasteiger partial charge in [-0.05, 0) is 25.8 Å². The van der Waals surface area contributed by atoms with E-state index < -0.39 is 13.4 Å². The average Bonchev–Trinajstić information content (AvgIpc) is 2.31. The third kappa shape index (κ3) is 12.0. The molecule has 0 aliphatic rings. The summed E-state index contributed by atoms with van der Waals surface area (Å²) in [5.41, 5.74) is 0. The molecule has 2 N–H and O–H groups in total. The van der Waals surface area contributed by atoms with Gasteiger partial charge in [-0.1, -0.05) is 31.8 Å². The molecule has 110 valence electrons. The minimum atomic E-state index is -3.85. The molecule has 0 atom stereocenters. The van der Waals surface area contributed by atoms with Gasteiger partial charge in [0.2, 0.25) is 11.6 Å². The van der Waals surface area contributed by atoms with Crippen LogP contribution < -0.4 is 0 Å². The van der Waals surface area contributed by atoms with E-state index >= 15 is 0 Å². The molecule has 0 radical (unpaired) electrons.